The van der Waals surface area contributed by atoms with Gasteiger partial charge in [0.2, 0.25) is 10.0 Å². The van der Waals surface area contributed by atoms with Gasteiger partial charge in [0.15, 0.2) is 0 Å². The van der Waals surface area contributed by atoms with Crippen LogP contribution in [0.4, 0.5) is 0 Å². The molecule has 0 aliphatic carbocycles. The number of hydrogen-bond donors (Lipinski definition) is 1. The van der Waals surface area contributed by atoms with Gasteiger partial charge in [-0.05, 0) is 42.7 Å². The number of rotatable bonds is 6. The summed E-state index contributed by atoms with van der Waals surface area (Å²) >= 11 is 0. The second-order valence-electron chi connectivity index (χ2n) is 8.22. The van der Waals surface area contributed by atoms with Gasteiger partial charge in [-0.25, -0.2) is 8.42 Å². The SMILES string of the molecule is Cc1ccc([C@@H](NC(=O)c2cc(S(=O)(=O)N3CCOCC3)ccc2C)c2ccccc2)cc1. The zero-order chi connectivity index (χ0) is 23.4. The maximum absolute atomic E-state index is 13.4. The Morgan fingerprint density at radius 3 is 2.21 bits per heavy atom. The Balaban J connectivity index is 1.66. The monoisotopic (exact) mass is 464 g/mol. The van der Waals surface area contributed by atoms with E-state index in [1.807, 2.05) is 68.4 Å². The minimum absolute atomic E-state index is 0.117. The molecule has 0 radical (unpaired) electrons. The van der Waals surface area contributed by atoms with Crippen molar-refractivity contribution in [2.45, 2.75) is 24.8 Å². The number of sulfonamides is 1. The first-order valence-electron chi connectivity index (χ1n) is 11.0. The summed E-state index contributed by atoms with van der Waals surface area (Å²) in [5, 5.41) is 3.12. The predicted molar refractivity (Wildman–Crippen MR) is 128 cm³/mol. The topological polar surface area (TPSA) is 75.7 Å². The van der Waals surface area contributed by atoms with Gasteiger partial charge in [-0.3, -0.25) is 4.79 Å². The van der Waals surface area contributed by atoms with E-state index in [2.05, 4.69) is 5.32 Å². The Bertz CT molecular complexity index is 1220. The molecule has 172 valence electrons. The zero-order valence-corrected chi connectivity index (χ0v) is 19.6. The molecule has 0 spiro atoms. The van der Waals surface area contributed by atoms with Crippen molar-refractivity contribution >= 4 is 15.9 Å². The highest BCUT2D eigenvalue weighted by Gasteiger charge is 2.28. The van der Waals surface area contributed by atoms with Crippen LogP contribution in [-0.4, -0.2) is 44.9 Å². The molecule has 1 aliphatic heterocycles. The van der Waals surface area contributed by atoms with Gasteiger partial charge in [0.1, 0.15) is 0 Å². The van der Waals surface area contributed by atoms with E-state index in [1.165, 1.54) is 10.4 Å². The fraction of sp³-hybridized carbons (Fsp3) is 0.269. The van der Waals surface area contributed by atoms with Crippen LogP contribution in [0.5, 0.6) is 0 Å². The normalized spacial score (nSPS) is 15.7. The summed E-state index contributed by atoms with van der Waals surface area (Å²) in [6.45, 7) is 5.18. The summed E-state index contributed by atoms with van der Waals surface area (Å²) in [6, 6.07) is 22.1. The number of hydrogen-bond acceptors (Lipinski definition) is 4. The van der Waals surface area contributed by atoms with E-state index in [4.69, 9.17) is 4.74 Å². The molecule has 1 heterocycles. The van der Waals surface area contributed by atoms with Crippen molar-refractivity contribution in [1.29, 1.82) is 0 Å². The molecule has 3 aromatic rings. The fourth-order valence-corrected chi connectivity index (χ4v) is 5.35. The lowest BCUT2D eigenvalue weighted by Gasteiger charge is -2.26. The van der Waals surface area contributed by atoms with E-state index in [-0.39, 0.29) is 16.8 Å². The smallest absolute Gasteiger partial charge is 0.252 e. The molecule has 0 saturated carbocycles. The van der Waals surface area contributed by atoms with Crippen LogP contribution in [0.1, 0.15) is 38.7 Å². The van der Waals surface area contributed by atoms with Crippen LogP contribution in [0, 0.1) is 13.8 Å². The number of nitrogens with one attached hydrogen (secondary N) is 1. The van der Waals surface area contributed by atoms with Gasteiger partial charge >= 0.3 is 0 Å². The van der Waals surface area contributed by atoms with Gasteiger partial charge in [0.25, 0.3) is 5.91 Å². The van der Waals surface area contributed by atoms with Crippen molar-refractivity contribution in [3.63, 3.8) is 0 Å². The van der Waals surface area contributed by atoms with Crippen LogP contribution in [-0.2, 0) is 14.8 Å². The third kappa shape index (κ3) is 5.16. The molecule has 1 saturated heterocycles. The zero-order valence-electron chi connectivity index (χ0n) is 18.8. The summed E-state index contributed by atoms with van der Waals surface area (Å²) in [4.78, 5) is 13.5. The molecule has 1 fully saturated rings. The Hall–Kier alpha value is -3.00. The average Bonchev–Trinajstić information content (AvgIpc) is 2.84. The lowest BCUT2D eigenvalue weighted by atomic mass is 9.97. The Kier molecular flexibility index (Phi) is 6.93. The van der Waals surface area contributed by atoms with E-state index in [0.717, 1.165) is 16.7 Å². The van der Waals surface area contributed by atoms with E-state index in [0.29, 0.717) is 37.4 Å². The molecule has 6 nitrogen and oxygen atoms in total. The number of aryl methyl sites for hydroxylation is 2. The summed E-state index contributed by atoms with van der Waals surface area (Å²) < 4.78 is 32.9. The van der Waals surface area contributed by atoms with Crippen molar-refractivity contribution in [3.05, 3.63) is 101 Å². The predicted octanol–water partition coefficient (Wildman–Crippen LogP) is 3.84. The Labute approximate surface area is 195 Å². The number of carbonyl (C=O) groups is 1. The molecule has 33 heavy (non-hydrogen) atoms. The molecule has 7 heteroatoms. The van der Waals surface area contributed by atoms with Crippen molar-refractivity contribution in [3.8, 4) is 0 Å². The van der Waals surface area contributed by atoms with Crippen LogP contribution in [0.3, 0.4) is 0 Å². The van der Waals surface area contributed by atoms with Gasteiger partial charge in [0.05, 0.1) is 24.2 Å². The number of amides is 1. The molecule has 0 aromatic heterocycles. The summed E-state index contributed by atoms with van der Waals surface area (Å²) in [7, 11) is -3.70. The van der Waals surface area contributed by atoms with Crippen molar-refractivity contribution < 1.29 is 17.9 Å². The number of carbonyl (C=O) groups excluding carboxylic acids is 1. The first-order valence-corrected chi connectivity index (χ1v) is 12.4. The van der Waals surface area contributed by atoms with Crippen molar-refractivity contribution in [1.82, 2.24) is 9.62 Å². The second-order valence-corrected chi connectivity index (χ2v) is 10.2. The highest BCUT2D eigenvalue weighted by Crippen LogP contribution is 2.25. The van der Waals surface area contributed by atoms with Crippen molar-refractivity contribution in [2.24, 2.45) is 0 Å². The van der Waals surface area contributed by atoms with Gasteiger partial charge in [-0.2, -0.15) is 4.31 Å². The Morgan fingerprint density at radius 2 is 1.55 bits per heavy atom. The van der Waals surface area contributed by atoms with Crippen LogP contribution < -0.4 is 5.32 Å². The van der Waals surface area contributed by atoms with E-state index >= 15 is 0 Å². The van der Waals surface area contributed by atoms with Crippen LogP contribution >= 0.6 is 0 Å². The summed E-state index contributed by atoms with van der Waals surface area (Å²) in [5.74, 6) is -0.319. The second kappa shape index (κ2) is 9.87. The number of morpholine rings is 1. The van der Waals surface area contributed by atoms with Crippen LogP contribution in [0.2, 0.25) is 0 Å². The quantitative estimate of drug-likeness (QED) is 0.601. The summed E-state index contributed by atoms with van der Waals surface area (Å²) in [5.41, 5.74) is 4.09. The van der Waals surface area contributed by atoms with Crippen LogP contribution in [0.25, 0.3) is 0 Å². The third-order valence-corrected chi connectivity index (χ3v) is 7.78. The van der Waals surface area contributed by atoms with Crippen LogP contribution in [0.15, 0.2) is 77.7 Å². The van der Waals surface area contributed by atoms with E-state index in [9.17, 15) is 13.2 Å². The van der Waals surface area contributed by atoms with Gasteiger partial charge in [-0.15, -0.1) is 0 Å². The molecule has 4 rings (SSSR count). The molecular formula is C26H28N2O4S. The molecule has 1 aliphatic rings. The first-order chi connectivity index (χ1) is 15.9. The molecule has 1 N–H and O–H groups in total. The number of ether oxygens (including phenoxy) is 1. The lowest BCUT2D eigenvalue weighted by molar-refractivity contribution is 0.0730. The highest BCUT2D eigenvalue weighted by molar-refractivity contribution is 7.89. The lowest BCUT2D eigenvalue weighted by Crippen LogP contribution is -2.40. The van der Waals surface area contributed by atoms with E-state index < -0.39 is 10.0 Å². The van der Waals surface area contributed by atoms with E-state index in [1.54, 1.807) is 12.1 Å². The molecule has 0 bridgehead atoms. The maximum atomic E-state index is 13.4. The third-order valence-electron chi connectivity index (χ3n) is 5.88. The highest BCUT2D eigenvalue weighted by atomic mass is 32.2. The molecule has 0 unspecified atom stereocenters. The Morgan fingerprint density at radius 1 is 0.909 bits per heavy atom. The minimum Gasteiger partial charge on any atom is -0.379 e. The molecule has 1 amide bonds. The standard InChI is InChI=1S/C26H28N2O4S/c1-19-8-11-22(12-9-19)25(21-6-4-3-5-7-21)27-26(29)24-18-23(13-10-20(24)2)33(30,31)28-14-16-32-17-15-28/h3-13,18,25H,14-17H2,1-2H3,(H,27,29)/t25-/m0/s1. The number of benzene rings is 3. The summed E-state index contributed by atoms with van der Waals surface area (Å²) in [6.07, 6.45) is 0. The molecule has 1 atom stereocenters. The van der Waals surface area contributed by atoms with Gasteiger partial charge in [0, 0.05) is 18.7 Å². The first kappa shape index (κ1) is 23.2. The fourth-order valence-electron chi connectivity index (χ4n) is 3.91. The maximum Gasteiger partial charge on any atom is 0.252 e. The molecular weight excluding hydrogens is 436 g/mol. The minimum atomic E-state index is -3.70. The van der Waals surface area contributed by atoms with Gasteiger partial charge < -0.3 is 10.1 Å². The number of nitrogens with zero attached hydrogens (tertiary/aromatic N) is 1. The van der Waals surface area contributed by atoms with Crippen molar-refractivity contribution in [2.75, 3.05) is 26.3 Å². The largest absolute Gasteiger partial charge is 0.379 e. The van der Waals surface area contributed by atoms with Gasteiger partial charge in [-0.1, -0.05) is 66.2 Å². The average molecular weight is 465 g/mol. The molecule has 3 aromatic carbocycles.